The molecule has 34 heavy (non-hydrogen) atoms. The van der Waals surface area contributed by atoms with Crippen LogP contribution in [0.4, 0.5) is 0 Å². The van der Waals surface area contributed by atoms with E-state index < -0.39 is 0 Å². The molecule has 1 saturated heterocycles. The van der Waals surface area contributed by atoms with Gasteiger partial charge >= 0.3 is 0 Å². The summed E-state index contributed by atoms with van der Waals surface area (Å²) in [5.74, 6) is 0.489. The summed E-state index contributed by atoms with van der Waals surface area (Å²) in [5, 5.41) is 11.2. The Kier molecular flexibility index (Phi) is 11.9. The maximum Gasteiger partial charge on any atom is 0.123 e. The molecule has 1 atom stereocenters. The zero-order chi connectivity index (χ0) is 25.2. The van der Waals surface area contributed by atoms with Gasteiger partial charge in [0.2, 0.25) is 0 Å². The molecule has 1 fully saturated rings. The van der Waals surface area contributed by atoms with Crippen LogP contribution < -0.4 is 0 Å². The molecule has 1 aliphatic heterocycles. The van der Waals surface area contributed by atoms with Crippen molar-refractivity contribution in [3.8, 4) is 5.75 Å². The van der Waals surface area contributed by atoms with Gasteiger partial charge in [0.1, 0.15) is 5.75 Å². The van der Waals surface area contributed by atoms with Crippen molar-refractivity contribution in [1.29, 1.82) is 0 Å². The molecule has 1 unspecified atom stereocenters. The van der Waals surface area contributed by atoms with E-state index in [0.29, 0.717) is 11.8 Å². The highest BCUT2D eigenvalue weighted by Gasteiger charge is 2.30. The molecule has 2 rings (SSSR count). The fourth-order valence-corrected chi connectivity index (χ4v) is 5.27. The molecular weight excluding hydrogens is 418 g/mol. The van der Waals surface area contributed by atoms with Crippen LogP contribution in [0, 0.1) is 0 Å². The van der Waals surface area contributed by atoms with Gasteiger partial charge in [-0.25, -0.2) is 0 Å². The molecule has 1 aromatic rings. The third-order valence-electron chi connectivity index (χ3n) is 7.45. The molecule has 1 N–H and O–H groups in total. The van der Waals surface area contributed by atoms with Crippen LogP contribution in [0.3, 0.4) is 0 Å². The fourth-order valence-electron chi connectivity index (χ4n) is 5.27. The molecule has 0 spiro atoms. The summed E-state index contributed by atoms with van der Waals surface area (Å²) in [4.78, 5) is 2.63. The van der Waals surface area contributed by atoms with Crippen LogP contribution in [0.5, 0.6) is 5.75 Å². The Bertz CT molecular complexity index is 672. The average Bonchev–Trinajstić information content (AvgIpc) is 2.77. The zero-order valence-electron chi connectivity index (χ0n) is 23.6. The van der Waals surface area contributed by atoms with Gasteiger partial charge in [0.15, 0.2) is 0 Å². The number of morpholine rings is 1. The molecule has 196 valence electrons. The first-order chi connectivity index (χ1) is 16.1. The van der Waals surface area contributed by atoms with Crippen molar-refractivity contribution in [3.05, 3.63) is 28.8 Å². The van der Waals surface area contributed by atoms with E-state index in [1.165, 1.54) is 76.2 Å². The minimum Gasteiger partial charge on any atom is -0.507 e. The van der Waals surface area contributed by atoms with E-state index in [1.54, 1.807) is 0 Å². The lowest BCUT2D eigenvalue weighted by molar-refractivity contribution is 0.0136. The molecule has 3 heteroatoms. The Morgan fingerprint density at radius 3 is 1.65 bits per heavy atom. The average molecular weight is 474 g/mol. The number of hydrogen-bond donors (Lipinski definition) is 1. The van der Waals surface area contributed by atoms with Crippen LogP contribution in [0.15, 0.2) is 12.1 Å². The number of ether oxygens (including phenoxy) is 1. The number of aromatic hydroxyl groups is 1. The van der Waals surface area contributed by atoms with Gasteiger partial charge in [-0.15, -0.1) is 0 Å². The normalized spacial score (nSPS) is 16.7. The molecule has 1 aliphatic rings. The summed E-state index contributed by atoms with van der Waals surface area (Å²) in [6, 6.07) is 5.02. The predicted molar refractivity (Wildman–Crippen MR) is 147 cm³/mol. The van der Waals surface area contributed by atoms with E-state index in [-0.39, 0.29) is 10.8 Å². The topological polar surface area (TPSA) is 32.7 Å². The van der Waals surface area contributed by atoms with Crippen LogP contribution in [0.2, 0.25) is 0 Å². The van der Waals surface area contributed by atoms with E-state index in [9.17, 15) is 5.11 Å². The molecule has 0 amide bonds. The second-order valence-corrected chi connectivity index (χ2v) is 12.6. The Morgan fingerprint density at radius 1 is 0.765 bits per heavy atom. The maximum atomic E-state index is 11.2. The minimum atomic E-state index is -0.0905. The van der Waals surface area contributed by atoms with Gasteiger partial charge in [-0.1, -0.05) is 113 Å². The summed E-state index contributed by atoms with van der Waals surface area (Å²) in [6.07, 6.45) is 14.9. The van der Waals surface area contributed by atoms with Crippen molar-refractivity contribution in [2.45, 2.75) is 136 Å². The van der Waals surface area contributed by atoms with E-state index >= 15 is 0 Å². The van der Waals surface area contributed by atoms with Crippen molar-refractivity contribution in [1.82, 2.24) is 4.90 Å². The first kappa shape index (κ1) is 29.2. The molecule has 0 aliphatic carbocycles. The Morgan fingerprint density at radius 2 is 1.21 bits per heavy atom. The van der Waals surface area contributed by atoms with E-state index in [2.05, 4.69) is 65.5 Å². The first-order valence-electron chi connectivity index (χ1n) is 14.3. The van der Waals surface area contributed by atoms with Crippen LogP contribution in [0.1, 0.15) is 142 Å². The number of nitrogens with zero attached hydrogens (tertiary/aromatic N) is 1. The van der Waals surface area contributed by atoms with Crippen molar-refractivity contribution >= 4 is 0 Å². The van der Waals surface area contributed by atoms with E-state index in [0.717, 1.165) is 37.4 Å². The van der Waals surface area contributed by atoms with Crippen molar-refractivity contribution in [2.24, 2.45) is 0 Å². The number of unbranched alkanes of at least 4 members (excludes halogenated alkanes) is 9. The minimum absolute atomic E-state index is 0.0905. The number of phenolic OH excluding ortho intramolecular Hbond substituents is 1. The fraction of sp³-hybridized carbons (Fsp3) is 0.806. The van der Waals surface area contributed by atoms with Crippen LogP contribution >= 0.6 is 0 Å². The van der Waals surface area contributed by atoms with Crippen molar-refractivity contribution in [2.75, 3.05) is 26.3 Å². The molecule has 0 radical (unpaired) electrons. The van der Waals surface area contributed by atoms with Gasteiger partial charge in [-0.05, 0) is 46.1 Å². The lowest BCUT2D eigenvalue weighted by Crippen LogP contribution is -2.39. The number of benzene rings is 1. The monoisotopic (exact) mass is 473 g/mol. The van der Waals surface area contributed by atoms with Gasteiger partial charge in [0.05, 0.1) is 13.2 Å². The Hall–Kier alpha value is -1.06. The Labute approximate surface area is 211 Å². The van der Waals surface area contributed by atoms with Gasteiger partial charge < -0.3 is 9.84 Å². The van der Waals surface area contributed by atoms with Crippen LogP contribution in [0.25, 0.3) is 0 Å². The summed E-state index contributed by atoms with van der Waals surface area (Å²) in [5.41, 5.74) is 3.36. The molecule has 3 nitrogen and oxygen atoms in total. The summed E-state index contributed by atoms with van der Waals surface area (Å²) in [7, 11) is 0. The van der Waals surface area contributed by atoms with Crippen molar-refractivity contribution < 1.29 is 9.84 Å². The second-order valence-electron chi connectivity index (χ2n) is 12.6. The standard InChI is InChI=1S/C31H55NO2/c1-8-9-10-11-12-13-14-15-16-17-18-28(32-19-21-34-22-20-32)25-23-26(30(2,3)4)29(33)27(24-25)31(5,6)7/h23-24,28,33H,8-22H2,1-7H3. The molecule has 1 heterocycles. The highest BCUT2D eigenvalue weighted by Crippen LogP contribution is 2.42. The van der Waals surface area contributed by atoms with Gasteiger partial charge in [0.25, 0.3) is 0 Å². The third-order valence-corrected chi connectivity index (χ3v) is 7.45. The lowest BCUT2D eigenvalue weighted by Gasteiger charge is -2.37. The van der Waals surface area contributed by atoms with E-state index in [4.69, 9.17) is 4.74 Å². The predicted octanol–water partition coefficient (Wildman–Crippen LogP) is 8.67. The molecule has 0 saturated carbocycles. The van der Waals surface area contributed by atoms with Gasteiger partial charge in [0, 0.05) is 19.1 Å². The molecule has 0 aromatic heterocycles. The van der Waals surface area contributed by atoms with E-state index in [1.807, 2.05) is 0 Å². The quantitative estimate of drug-likeness (QED) is 0.291. The highest BCUT2D eigenvalue weighted by atomic mass is 16.5. The summed E-state index contributed by atoms with van der Waals surface area (Å²) < 4.78 is 5.68. The largest absolute Gasteiger partial charge is 0.507 e. The lowest BCUT2D eigenvalue weighted by atomic mass is 9.77. The highest BCUT2D eigenvalue weighted by molar-refractivity contribution is 5.50. The summed E-state index contributed by atoms with van der Waals surface area (Å²) in [6.45, 7) is 19.2. The summed E-state index contributed by atoms with van der Waals surface area (Å²) >= 11 is 0. The van der Waals surface area contributed by atoms with Gasteiger partial charge in [-0.3, -0.25) is 4.90 Å². The molecule has 0 bridgehead atoms. The SMILES string of the molecule is CCCCCCCCCCCCC(c1cc(C(C)(C)C)c(O)c(C(C)(C)C)c1)N1CCOCC1. The number of phenols is 1. The van der Waals surface area contributed by atoms with Crippen LogP contribution in [-0.4, -0.2) is 36.3 Å². The van der Waals surface area contributed by atoms with Crippen molar-refractivity contribution in [3.63, 3.8) is 0 Å². The number of hydrogen-bond acceptors (Lipinski definition) is 3. The second kappa shape index (κ2) is 13.9. The molecule has 1 aromatic carbocycles. The smallest absolute Gasteiger partial charge is 0.123 e. The first-order valence-corrected chi connectivity index (χ1v) is 14.3. The zero-order valence-corrected chi connectivity index (χ0v) is 23.6. The van der Waals surface area contributed by atoms with Gasteiger partial charge in [-0.2, -0.15) is 0 Å². The number of rotatable bonds is 13. The third kappa shape index (κ3) is 9.19. The maximum absolute atomic E-state index is 11.2. The molecular formula is C31H55NO2. The van der Waals surface area contributed by atoms with Crippen LogP contribution in [-0.2, 0) is 15.6 Å². The Balaban J connectivity index is 2.10.